The van der Waals surface area contributed by atoms with Crippen molar-refractivity contribution in [1.82, 2.24) is 20.6 Å². The molecule has 0 aliphatic heterocycles. The highest BCUT2D eigenvalue weighted by atomic mass is 16.4. The lowest BCUT2D eigenvalue weighted by Gasteiger charge is -2.17. The zero-order valence-corrected chi connectivity index (χ0v) is 15.7. The summed E-state index contributed by atoms with van der Waals surface area (Å²) in [4.78, 5) is 31.1. The molecule has 5 N–H and O–H groups in total. The van der Waals surface area contributed by atoms with Gasteiger partial charge in [0.05, 0.1) is 17.6 Å². The van der Waals surface area contributed by atoms with Crippen LogP contribution in [0.3, 0.4) is 0 Å². The Labute approximate surface area is 162 Å². The Kier molecular flexibility index (Phi) is 6.70. The van der Waals surface area contributed by atoms with E-state index in [9.17, 15) is 14.9 Å². The number of carbonyl (C=O) groups excluding carboxylic acids is 1. The van der Waals surface area contributed by atoms with Crippen molar-refractivity contribution in [3.63, 3.8) is 0 Å². The normalized spacial score (nSPS) is 11.1. The Morgan fingerprint density at radius 1 is 1.29 bits per heavy atom. The first-order valence-electron chi connectivity index (χ1n) is 8.39. The third-order valence-corrected chi connectivity index (χ3v) is 3.72. The molecule has 2 aromatic heterocycles. The fourth-order valence-electron chi connectivity index (χ4n) is 2.54. The van der Waals surface area contributed by atoms with E-state index in [0.717, 1.165) is 11.3 Å². The summed E-state index contributed by atoms with van der Waals surface area (Å²) in [6, 6.07) is 6.43. The standard InChI is InChI=1S/C18H21N7O3/c1-10-4-11(2)23-16(5-10)24-13-6-12(8-22-14(13)7-19)21-9-15(17(26)20-3)25-18(27)28/h4-6,8,15,21,25H,9H2,1-3H3,(H,20,26)(H,23,24)(H,27,28). The van der Waals surface area contributed by atoms with E-state index in [1.165, 1.54) is 13.2 Å². The molecule has 0 aromatic carbocycles. The van der Waals surface area contributed by atoms with Gasteiger partial charge in [0.1, 0.15) is 17.9 Å². The maximum Gasteiger partial charge on any atom is 0.405 e. The maximum absolute atomic E-state index is 11.8. The number of aryl methyl sites for hydroxylation is 2. The Morgan fingerprint density at radius 3 is 2.64 bits per heavy atom. The monoisotopic (exact) mass is 383 g/mol. The van der Waals surface area contributed by atoms with Gasteiger partial charge in [-0.1, -0.05) is 0 Å². The van der Waals surface area contributed by atoms with Crippen molar-refractivity contribution in [3.8, 4) is 6.07 Å². The van der Waals surface area contributed by atoms with Crippen LogP contribution >= 0.6 is 0 Å². The number of hydrogen-bond acceptors (Lipinski definition) is 7. The summed E-state index contributed by atoms with van der Waals surface area (Å²) in [5.74, 6) is 0.0954. The average molecular weight is 383 g/mol. The minimum atomic E-state index is -1.31. The lowest BCUT2D eigenvalue weighted by atomic mass is 10.2. The third-order valence-electron chi connectivity index (χ3n) is 3.72. The number of nitriles is 1. The number of aromatic nitrogens is 2. The van der Waals surface area contributed by atoms with Gasteiger partial charge in [0.15, 0.2) is 5.69 Å². The third kappa shape index (κ3) is 5.57. The Bertz CT molecular complexity index is 904. The summed E-state index contributed by atoms with van der Waals surface area (Å²) in [6.45, 7) is 3.81. The molecular weight excluding hydrogens is 362 g/mol. The predicted octanol–water partition coefficient (Wildman–Crippen LogP) is 1.50. The number of nitrogens with zero attached hydrogens (tertiary/aromatic N) is 3. The molecule has 0 saturated carbocycles. The molecule has 0 aliphatic carbocycles. The first-order chi connectivity index (χ1) is 13.3. The fraction of sp³-hybridized carbons (Fsp3) is 0.278. The molecule has 28 heavy (non-hydrogen) atoms. The Morgan fingerprint density at radius 2 is 2.04 bits per heavy atom. The highest BCUT2D eigenvalue weighted by molar-refractivity contribution is 5.85. The molecule has 0 radical (unpaired) electrons. The quantitative estimate of drug-likeness (QED) is 0.482. The van der Waals surface area contributed by atoms with Gasteiger partial charge in [-0.05, 0) is 37.6 Å². The highest BCUT2D eigenvalue weighted by Crippen LogP contribution is 2.22. The molecular formula is C18H21N7O3. The van der Waals surface area contributed by atoms with Crippen LogP contribution in [0.15, 0.2) is 24.4 Å². The molecule has 2 heterocycles. The average Bonchev–Trinajstić information content (AvgIpc) is 2.63. The van der Waals surface area contributed by atoms with E-state index >= 15 is 0 Å². The van der Waals surface area contributed by atoms with Gasteiger partial charge in [-0.2, -0.15) is 5.26 Å². The van der Waals surface area contributed by atoms with Crippen LogP contribution in [0.5, 0.6) is 0 Å². The molecule has 0 aliphatic rings. The van der Waals surface area contributed by atoms with E-state index in [2.05, 4.69) is 31.2 Å². The largest absolute Gasteiger partial charge is 0.465 e. The second-order valence-electron chi connectivity index (χ2n) is 6.03. The van der Waals surface area contributed by atoms with Gasteiger partial charge in [0.2, 0.25) is 5.91 Å². The molecule has 0 spiro atoms. The number of nitrogens with one attached hydrogen (secondary N) is 4. The number of carbonyl (C=O) groups is 2. The van der Waals surface area contributed by atoms with E-state index < -0.39 is 18.0 Å². The number of pyridine rings is 2. The second-order valence-corrected chi connectivity index (χ2v) is 6.03. The lowest BCUT2D eigenvalue weighted by Crippen LogP contribution is -2.49. The smallest absolute Gasteiger partial charge is 0.405 e. The van der Waals surface area contributed by atoms with Crippen molar-refractivity contribution >= 4 is 29.2 Å². The van der Waals surface area contributed by atoms with Crippen molar-refractivity contribution < 1.29 is 14.7 Å². The van der Waals surface area contributed by atoms with Gasteiger partial charge in [-0.25, -0.2) is 14.8 Å². The van der Waals surface area contributed by atoms with Crippen LogP contribution in [0.2, 0.25) is 0 Å². The van der Waals surface area contributed by atoms with Crippen LogP contribution in [0, 0.1) is 25.2 Å². The molecule has 0 fully saturated rings. The Balaban J connectivity index is 2.20. The number of hydrogen-bond donors (Lipinski definition) is 5. The first kappa shape index (κ1) is 20.4. The van der Waals surface area contributed by atoms with Gasteiger partial charge >= 0.3 is 6.09 Å². The van der Waals surface area contributed by atoms with Gasteiger partial charge in [0, 0.05) is 19.3 Å². The second kappa shape index (κ2) is 9.18. The van der Waals surface area contributed by atoms with Gasteiger partial charge in [-0.15, -0.1) is 0 Å². The maximum atomic E-state index is 11.8. The van der Waals surface area contributed by atoms with Crippen molar-refractivity contribution in [2.45, 2.75) is 19.9 Å². The molecule has 1 atom stereocenters. The zero-order valence-electron chi connectivity index (χ0n) is 15.7. The van der Waals surface area contributed by atoms with Crippen LogP contribution < -0.4 is 21.3 Å². The molecule has 2 aromatic rings. The zero-order chi connectivity index (χ0) is 20.7. The number of carboxylic acid groups (broad SMARTS) is 1. The predicted molar refractivity (Wildman–Crippen MR) is 103 cm³/mol. The lowest BCUT2D eigenvalue weighted by molar-refractivity contribution is -0.122. The van der Waals surface area contributed by atoms with E-state index in [4.69, 9.17) is 5.11 Å². The van der Waals surface area contributed by atoms with Crippen LogP contribution in [0.25, 0.3) is 0 Å². The van der Waals surface area contributed by atoms with Gasteiger partial charge < -0.3 is 26.4 Å². The summed E-state index contributed by atoms with van der Waals surface area (Å²) >= 11 is 0. The number of amides is 2. The summed E-state index contributed by atoms with van der Waals surface area (Å²) in [7, 11) is 1.42. The van der Waals surface area contributed by atoms with Crippen molar-refractivity contribution in [3.05, 3.63) is 41.3 Å². The minimum Gasteiger partial charge on any atom is -0.465 e. The van der Waals surface area contributed by atoms with Crippen LogP contribution in [-0.4, -0.2) is 46.7 Å². The SMILES string of the molecule is CNC(=O)C(CNc1cnc(C#N)c(Nc2cc(C)cc(C)n2)c1)NC(=O)O. The van der Waals surface area contributed by atoms with E-state index in [1.54, 1.807) is 6.07 Å². The van der Waals surface area contributed by atoms with E-state index in [-0.39, 0.29) is 12.2 Å². The molecule has 1 unspecified atom stereocenters. The number of likely N-dealkylation sites (N-methyl/N-ethyl adjacent to an activating group) is 1. The topological polar surface area (TPSA) is 152 Å². The fourth-order valence-corrected chi connectivity index (χ4v) is 2.54. The van der Waals surface area contributed by atoms with Gasteiger partial charge in [-0.3, -0.25) is 4.79 Å². The van der Waals surface area contributed by atoms with Crippen molar-refractivity contribution in [1.29, 1.82) is 5.26 Å². The molecule has 10 heteroatoms. The van der Waals surface area contributed by atoms with Crippen molar-refractivity contribution in [2.75, 3.05) is 24.2 Å². The summed E-state index contributed by atoms with van der Waals surface area (Å²) in [5, 5.41) is 28.7. The first-order valence-corrected chi connectivity index (χ1v) is 8.39. The number of anilines is 3. The minimum absolute atomic E-state index is 0.000791. The van der Waals surface area contributed by atoms with E-state index in [1.807, 2.05) is 32.0 Å². The summed E-state index contributed by atoms with van der Waals surface area (Å²) in [5.41, 5.74) is 2.97. The molecule has 10 nitrogen and oxygen atoms in total. The van der Waals surface area contributed by atoms with Crippen molar-refractivity contribution in [2.24, 2.45) is 0 Å². The van der Waals surface area contributed by atoms with Crippen LogP contribution in [0.1, 0.15) is 17.0 Å². The molecule has 2 amide bonds. The van der Waals surface area contributed by atoms with Gasteiger partial charge in [0.25, 0.3) is 0 Å². The number of rotatable bonds is 7. The summed E-state index contributed by atoms with van der Waals surface area (Å²) < 4.78 is 0. The van der Waals surface area contributed by atoms with Crippen LogP contribution in [-0.2, 0) is 4.79 Å². The van der Waals surface area contributed by atoms with E-state index in [0.29, 0.717) is 17.2 Å². The molecule has 0 saturated heterocycles. The van der Waals surface area contributed by atoms with Crippen LogP contribution in [0.4, 0.5) is 22.0 Å². The molecule has 0 bridgehead atoms. The summed E-state index contributed by atoms with van der Waals surface area (Å²) in [6.07, 6.45) is 0.122. The Hall–Kier alpha value is -3.87. The molecule has 2 rings (SSSR count). The highest BCUT2D eigenvalue weighted by Gasteiger charge is 2.19. The molecule has 146 valence electrons.